The first-order valence-corrected chi connectivity index (χ1v) is 11.2. The monoisotopic (exact) mass is 419 g/mol. The fourth-order valence-electron chi connectivity index (χ4n) is 5.50. The Morgan fingerprint density at radius 3 is 2.37 bits per heavy atom. The van der Waals surface area contributed by atoms with E-state index in [4.69, 9.17) is 0 Å². The van der Waals surface area contributed by atoms with Crippen LogP contribution in [0.5, 0.6) is 0 Å². The van der Waals surface area contributed by atoms with E-state index in [1.54, 1.807) is 4.90 Å². The third-order valence-electron chi connectivity index (χ3n) is 7.16. The van der Waals surface area contributed by atoms with Crippen LogP contribution in [0.1, 0.15) is 57.4 Å². The predicted molar refractivity (Wildman–Crippen MR) is 109 cm³/mol. The van der Waals surface area contributed by atoms with Gasteiger partial charge in [0, 0.05) is 25.2 Å². The van der Waals surface area contributed by atoms with E-state index in [0.717, 1.165) is 31.7 Å². The summed E-state index contributed by atoms with van der Waals surface area (Å²) >= 11 is 0. The van der Waals surface area contributed by atoms with Crippen molar-refractivity contribution in [3.63, 3.8) is 0 Å². The quantitative estimate of drug-likeness (QED) is 0.797. The molecule has 0 aromatic heterocycles. The molecule has 0 bridgehead atoms. The second kappa shape index (κ2) is 8.61. The summed E-state index contributed by atoms with van der Waals surface area (Å²) in [6.07, 6.45) is 6.28. The van der Waals surface area contributed by atoms with Crippen LogP contribution in [-0.4, -0.2) is 53.3 Å². The molecule has 30 heavy (non-hydrogen) atoms. The highest BCUT2D eigenvalue weighted by molar-refractivity contribution is 5.94. The topological polar surface area (TPSA) is 52.7 Å². The van der Waals surface area contributed by atoms with Gasteiger partial charge >= 0.3 is 0 Å². The second-order valence-electron chi connectivity index (χ2n) is 9.14. The minimum Gasteiger partial charge on any atom is -0.352 e. The number of rotatable bonds is 5. The molecule has 3 aliphatic rings. The smallest absolute Gasteiger partial charge is 0.243 e. The largest absolute Gasteiger partial charge is 0.352 e. The number of likely N-dealkylation sites (N-methyl/N-ethyl adjacent to an activating group) is 1. The molecule has 0 radical (unpaired) electrons. The van der Waals surface area contributed by atoms with Gasteiger partial charge in [-0.2, -0.15) is 0 Å². The molecule has 1 unspecified atom stereocenters. The Morgan fingerprint density at radius 2 is 1.77 bits per heavy atom. The van der Waals surface area contributed by atoms with Crippen LogP contribution < -0.4 is 5.32 Å². The number of hydrogen-bond donors (Lipinski definition) is 1. The van der Waals surface area contributed by atoms with Gasteiger partial charge in [-0.25, -0.2) is 8.78 Å². The molecule has 3 fully saturated rings. The number of halogens is 2. The average molecular weight is 420 g/mol. The van der Waals surface area contributed by atoms with Gasteiger partial charge in [-0.15, -0.1) is 0 Å². The molecule has 1 spiro atoms. The van der Waals surface area contributed by atoms with Crippen molar-refractivity contribution in [1.29, 1.82) is 0 Å². The summed E-state index contributed by atoms with van der Waals surface area (Å²) < 4.78 is 26.9. The molecule has 4 rings (SSSR count). The summed E-state index contributed by atoms with van der Waals surface area (Å²) in [4.78, 5) is 30.1. The van der Waals surface area contributed by atoms with Gasteiger partial charge in [-0.05, 0) is 69.8 Å². The van der Waals surface area contributed by atoms with Crippen LogP contribution >= 0.6 is 0 Å². The van der Waals surface area contributed by atoms with Crippen LogP contribution in [0, 0.1) is 17.0 Å². The van der Waals surface area contributed by atoms with E-state index in [-0.39, 0.29) is 23.9 Å². The van der Waals surface area contributed by atoms with Gasteiger partial charge in [0.25, 0.3) is 0 Å². The Bertz CT molecular complexity index is 781. The molecule has 1 aromatic rings. The van der Waals surface area contributed by atoms with Crippen molar-refractivity contribution in [2.24, 2.45) is 5.41 Å². The maximum atomic E-state index is 13.5. The Morgan fingerprint density at radius 1 is 1.13 bits per heavy atom. The zero-order valence-electron chi connectivity index (χ0n) is 17.6. The number of nitrogens with one attached hydrogen (secondary N) is 1. The number of benzene rings is 1. The van der Waals surface area contributed by atoms with Crippen LogP contribution in [0.3, 0.4) is 0 Å². The Kier molecular flexibility index (Phi) is 6.09. The fraction of sp³-hybridized carbons (Fsp3) is 0.652. The highest BCUT2D eigenvalue weighted by atomic mass is 19.1. The van der Waals surface area contributed by atoms with Gasteiger partial charge in [-0.1, -0.05) is 12.8 Å². The van der Waals surface area contributed by atoms with Gasteiger partial charge in [-0.3, -0.25) is 14.5 Å². The van der Waals surface area contributed by atoms with Crippen LogP contribution in [-0.2, 0) is 16.1 Å². The van der Waals surface area contributed by atoms with Gasteiger partial charge < -0.3 is 10.2 Å². The number of carbonyl (C=O) groups excluding carboxylic acids is 2. The molecule has 1 aromatic carbocycles. The average Bonchev–Trinajstić information content (AvgIpc) is 3.30. The molecular formula is C23H31F2N3O2. The summed E-state index contributed by atoms with van der Waals surface area (Å²) in [6, 6.07) is 3.46. The van der Waals surface area contributed by atoms with Crippen LogP contribution in [0.2, 0.25) is 0 Å². The lowest BCUT2D eigenvalue weighted by atomic mass is 9.76. The molecule has 7 heteroatoms. The van der Waals surface area contributed by atoms with Crippen molar-refractivity contribution in [2.75, 3.05) is 19.6 Å². The van der Waals surface area contributed by atoms with Crippen LogP contribution in [0.4, 0.5) is 8.78 Å². The fourth-order valence-corrected chi connectivity index (χ4v) is 5.50. The molecule has 2 amide bonds. The molecule has 164 valence electrons. The summed E-state index contributed by atoms with van der Waals surface area (Å²) in [5.41, 5.74) is 0.113. The lowest BCUT2D eigenvalue weighted by Crippen LogP contribution is -2.47. The number of nitrogens with zero attached hydrogens (tertiary/aromatic N) is 2. The third-order valence-corrected chi connectivity index (χ3v) is 7.16. The minimum absolute atomic E-state index is 0.00774. The first-order chi connectivity index (χ1) is 14.4. The van der Waals surface area contributed by atoms with E-state index in [0.29, 0.717) is 51.0 Å². The number of carbonyl (C=O) groups is 2. The van der Waals surface area contributed by atoms with E-state index in [2.05, 4.69) is 10.2 Å². The molecular weight excluding hydrogens is 388 g/mol. The zero-order chi connectivity index (χ0) is 21.3. The van der Waals surface area contributed by atoms with Crippen molar-refractivity contribution in [1.82, 2.24) is 15.1 Å². The molecule has 1 aliphatic carbocycles. The second-order valence-corrected chi connectivity index (χ2v) is 9.14. The van der Waals surface area contributed by atoms with E-state index in [1.807, 2.05) is 6.92 Å². The van der Waals surface area contributed by atoms with Crippen molar-refractivity contribution in [3.05, 3.63) is 35.4 Å². The van der Waals surface area contributed by atoms with Gasteiger partial charge in [0.1, 0.15) is 17.7 Å². The SMILES string of the molecule is CCN1C(=O)C2(CCN(Cc3cc(F)cc(F)c3)CC2)CC1C(=O)NC1CCCC1. The van der Waals surface area contributed by atoms with E-state index < -0.39 is 17.0 Å². The van der Waals surface area contributed by atoms with E-state index in [1.165, 1.54) is 12.1 Å². The van der Waals surface area contributed by atoms with E-state index >= 15 is 0 Å². The lowest BCUT2D eigenvalue weighted by Gasteiger charge is -2.37. The highest BCUT2D eigenvalue weighted by Crippen LogP contribution is 2.44. The van der Waals surface area contributed by atoms with Gasteiger partial charge in [0.05, 0.1) is 5.41 Å². The van der Waals surface area contributed by atoms with Crippen molar-refractivity contribution in [3.8, 4) is 0 Å². The molecule has 1 atom stereocenters. The standard InChI is InChI=1S/C23H31F2N3O2/c1-2-28-20(21(29)26-19-5-3-4-6-19)14-23(22(28)30)7-9-27(10-8-23)15-16-11-17(24)13-18(25)12-16/h11-13,19-20H,2-10,14-15H2,1H3,(H,26,29). The number of amides is 2. The summed E-state index contributed by atoms with van der Waals surface area (Å²) in [5.74, 6) is -1.06. The molecule has 1 N–H and O–H groups in total. The molecule has 1 saturated carbocycles. The van der Waals surface area contributed by atoms with Crippen molar-refractivity contribution in [2.45, 2.75) is 70.5 Å². The zero-order valence-corrected chi connectivity index (χ0v) is 17.6. The van der Waals surface area contributed by atoms with E-state index in [9.17, 15) is 18.4 Å². The van der Waals surface area contributed by atoms with Crippen molar-refractivity contribution < 1.29 is 18.4 Å². The Balaban J connectivity index is 1.39. The normalized spacial score (nSPS) is 24.7. The molecule has 2 heterocycles. The Hall–Kier alpha value is -2.02. The number of piperidine rings is 1. The van der Waals surface area contributed by atoms with Gasteiger partial charge in [0.2, 0.25) is 11.8 Å². The molecule has 5 nitrogen and oxygen atoms in total. The Labute approximate surface area is 176 Å². The number of likely N-dealkylation sites (tertiary alicyclic amines) is 2. The first-order valence-electron chi connectivity index (χ1n) is 11.2. The summed E-state index contributed by atoms with van der Waals surface area (Å²) in [7, 11) is 0. The lowest BCUT2D eigenvalue weighted by molar-refractivity contribution is -0.141. The maximum Gasteiger partial charge on any atom is 0.243 e. The van der Waals surface area contributed by atoms with Gasteiger partial charge in [0.15, 0.2) is 0 Å². The maximum absolute atomic E-state index is 13.5. The first kappa shape index (κ1) is 21.2. The highest BCUT2D eigenvalue weighted by Gasteiger charge is 2.54. The van der Waals surface area contributed by atoms with Crippen LogP contribution in [0.25, 0.3) is 0 Å². The number of hydrogen-bond acceptors (Lipinski definition) is 3. The summed E-state index contributed by atoms with van der Waals surface area (Å²) in [6.45, 7) is 4.29. The minimum atomic E-state index is -0.570. The van der Waals surface area contributed by atoms with Crippen molar-refractivity contribution >= 4 is 11.8 Å². The molecule has 2 aliphatic heterocycles. The summed E-state index contributed by atoms with van der Waals surface area (Å²) in [5, 5.41) is 3.17. The molecule has 2 saturated heterocycles. The third kappa shape index (κ3) is 4.22. The van der Waals surface area contributed by atoms with Crippen LogP contribution in [0.15, 0.2) is 18.2 Å². The predicted octanol–water partition coefficient (Wildman–Crippen LogP) is 3.23.